The van der Waals surface area contributed by atoms with Crippen LogP contribution in [-0.4, -0.2) is 36.4 Å². The molecule has 150 valence electrons. The van der Waals surface area contributed by atoms with Crippen LogP contribution >= 0.6 is 0 Å². The van der Waals surface area contributed by atoms with E-state index >= 15 is 0 Å². The van der Waals surface area contributed by atoms with Crippen LogP contribution in [-0.2, 0) is 17.1 Å². The molecule has 0 fully saturated rings. The summed E-state index contributed by atoms with van der Waals surface area (Å²) in [5.74, 6) is 0. The van der Waals surface area contributed by atoms with Crippen molar-refractivity contribution in [3.05, 3.63) is 41.1 Å². The number of fused-ring (bicyclic) bond motifs is 1. The van der Waals surface area contributed by atoms with Gasteiger partial charge in [0, 0.05) is 25.1 Å². The summed E-state index contributed by atoms with van der Waals surface area (Å²) >= 11 is 0. The molecule has 0 bridgehead atoms. The average molecular weight is 396 g/mol. The lowest BCUT2D eigenvalue weighted by Crippen LogP contribution is -2.33. The van der Waals surface area contributed by atoms with Crippen LogP contribution < -0.4 is 5.32 Å². The van der Waals surface area contributed by atoms with Crippen molar-refractivity contribution in [3.8, 4) is 0 Å². The van der Waals surface area contributed by atoms with Crippen LogP contribution in [0.2, 0.25) is 0 Å². The van der Waals surface area contributed by atoms with Crippen LogP contribution in [0.5, 0.6) is 0 Å². The number of aliphatic hydroxyl groups excluding tert-OH is 1. The Labute approximate surface area is 151 Å². The van der Waals surface area contributed by atoms with E-state index < -0.39 is 35.2 Å². The summed E-state index contributed by atoms with van der Waals surface area (Å²) in [5, 5.41) is 13.0. The number of para-hydroxylation sites is 1. The summed E-state index contributed by atoms with van der Waals surface area (Å²) in [5.41, 5.74) is -3.92. The molecule has 2 rings (SSSR count). The fourth-order valence-electron chi connectivity index (χ4n) is 2.66. The Balaban J connectivity index is 2.57. The molecule has 0 spiro atoms. The maximum atomic E-state index is 13.2. The highest BCUT2D eigenvalue weighted by Crippen LogP contribution is 2.38. The van der Waals surface area contributed by atoms with Crippen molar-refractivity contribution in [1.82, 2.24) is 10.3 Å². The zero-order valence-electron chi connectivity index (χ0n) is 14.4. The van der Waals surface area contributed by atoms with Crippen molar-refractivity contribution >= 4 is 10.9 Å². The van der Waals surface area contributed by atoms with Gasteiger partial charge in [-0.25, -0.2) is 4.98 Å². The van der Waals surface area contributed by atoms with Gasteiger partial charge < -0.3 is 15.2 Å². The molecule has 0 aliphatic rings. The van der Waals surface area contributed by atoms with Gasteiger partial charge in [0.05, 0.1) is 23.8 Å². The number of methoxy groups -OCH3 is 1. The Kier molecular flexibility index (Phi) is 6.33. The lowest BCUT2D eigenvalue weighted by atomic mass is 9.99. The van der Waals surface area contributed by atoms with Gasteiger partial charge in [-0.05, 0) is 24.6 Å². The SMILES string of the molecule is COC[C@H](C)NC[C@H](O)c1cc(C(F)(F)F)nc2c(C(F)(F)F)cccc12. The van der Waals surface area contributed by atoms with E-state index in [0.717, 1.165) is 6.07 Å². The minimum absolute atomic E-state index is 0.169. The van der Waals surface area contributed by atoms with Gasteiger partial charge in [0.15, 0.2) is 0 Å². The predicted molar refractivity (Wildman–Crippen MR) is 86.0 cm³/mol. The number of nitrogens with zero attached hydrogens (tertiary/aromatic N) is 1. The highest BCUT2D eigenvalue weighted by Gasteiger charge is 2.37. The van der Waals surface area contributed by atoms with Crippen molar-refractivity contribution in [2.45, 2.75) is 31.4 Å². The summed E-state index contributed by atoms with van der Waals surface area (Å²) in [6.45, 7) is 1.84. The topological polar surface area (TPSA) is 54.4 Å². The molecule has 2 N–H and O–H groups in total. The van der Waals surface area contributed by atoms with E-state index in [2.05, 4.69) is 10.3 Å². The molecule has 0 unspecified atom stereocenters. The number of aromatic nitrogens is 1. The van der Waals surface area contributed by atoms with Gasteiger partial charge in [-0.3, -0.25) is 0 Å². The Bertz CT molecular complexity index is 791. The molecule has 2 aromatic rings. The molecule has 1 aromatic carbocycles. The Morgan fingerprint density at radius 2 is 1.81 bits per heavy atom. The molecule has 0 saturated heterocycles. The maximum absolute atomic E-state index is 13.2. The first-order valence-electron chi connectivity index (χ1n) is 7.93. The molecule has 10 heteroatoms. The molecular formula is C17H18F6N2O2. The third kappa shape index (κ3) is 5.08. The monoisotopic (exact) mass is 396 g/mol. The molecule has 27 heavy (non-hydrogen) atoms. The molecule has 4 nitrogen and oxygen atoms in total. The second-order valence-corrected chi connectivity index (χ2v) is 6.07. The van der Waals surface area contributed by atoms with Gasteiger partial charge in [0.1, 0.15) is 5.69 Å². The molecule has 0 radical (unpaired) electrons. The normalized spacial score (nSPS) is 15.1. The number of alkyl halides is 6. The minimum Gasteiger partial charge on any atom is -0.387 e. The zero-order chi connectivity index (χ0) is 20.4. The van der Waals surface area contributed by atoms with Crippen LogP contribution in [0.25, 0.3) is 10.9 Å². The van der Waals surface area contributed by atoms with E-state index in [1.807, 2.05) is 0 Å². The highest BCUT2D eigenvalue weighted by molar-refractivity contribution is 5.86. The first-order chi connectivity index (χ1) is 12.4. The van der Waals surface area contributed by atoms with E-state index in [0.29, 0.717) is 12.1 Å². The predicted octanol–water partition coefficient (Wildman–Crippen LogP) is 3.93. The number of hydrogen-bond donors (Lipinski definition) is 2. The first-order valence-corrected chi connectivity index (χ1v) is 7.93. The van der Waals surface area contributed by atoms with Crippen LogP contribution in [0.3, 0.4) is 0 Å². The van der Waals surface area contributed by atoms with Gasteiger partial charge in [-0.2, -0.15) is 26.3 Å². The molecule has 0 saturated carbocycles. The molecule has 2 atom stereocenters. The second-order valence-electron chi connectivity index (χ2n) is 6.07. The molecule has 0 amide bonds. The number of aliphatic hydroxyl groups is 1. The third-order valence-corrected chi connectivity index (χ3v) is 3.90. The molecule has 0 aliphatic heterocycles. The molecule has 1 heterocycles. The van der Waals surface area contributed by atoms with Crippen molar-refractivity contribution in [3.63, 3.8) is 0 Å². The summed E-state index contributed by atoms with van der Waals surface area (Å²) in [6, 6.07) is 3.29. The number of pyridine rings is 1. The summed E-state index contributed by atoms with van der Waals surface area (Å²) in [6.07, 6.45) is -11.3. The van der Waals surface area contributed by atoms with E-state index in [9.17, 15) is 31.4 Å². The third-order valence-electron chi connectivity index (χ3n) is 3.90. The standard InChI is InChI=1S/C17H18F6N2O2/c1-9(8-27-2)24-7-13(26)11-6-14(17(21,22)23)25-15-10(11)4-3-5-12(15)16(18,19)20/h3-6,9,13,24,26H,7-8H2,1-2H3/t9-,13-/m0/s1. The van der Waals surface area contributed by atoms with Crippen LogP contribution in [0.4, 0.5) is 26.3 Å². The van der Waals surface area contributed by atoms with Crippen LogP contribution in [0.1, 0.15) is 29.8 Å². The van der Waals surface area contributed by atoms with E-state index in [4.69, 9.17) is 4.74 Å². The van der Waals surface area contributed by atoms with Crippen LogP contribution in [0.15, 0.2) is 24.3 Å². The smallest absolute Gasteiger partial charge is 0.387 e. The van der Waals surface area contributed by atoms with Gasteiger partial charge in [-0.1, -0.05) is 12.1 Å². The summed E-state index contributed by atoms with van der Waals surface area (Å²) < 4.78 is 84.0. The number of benzene rings is 1. The van der Waals surface area contributed by atoms with Crippen LogP contribution in [0, 0.1) is 0 Å². The number of rotatable bonds is 6. The van der Waals surface area contributed by atoms with Gasteiger partial charge in [0.2, 0.25) is 0 Å². The average Bonchev–Trinajstić information content (AvgIpc) is 2.56. The highest BCUT2D eigenvalue weighted by atomic mass is 19.4. The number of halogens is 6. The van der Waals surface area contributed by atoms with Crippen molar-refractivity contribution in [1.29, 1.82) is 0 Å². The fourth-order valence-corrected chi connectivity index (χ4v) is 2.66. The maximum Gasteiger partial charge on any atom is 0.433 e. The second kappa shape index (κ2) is 7.99. The molecular weight excluding hydrogens is 378 g/mol. The van der Waals surface area contributed by atoms with Gasteiger partial charge >= 0.3 is 12.4 Å². The lowest BCUT2D eigenvalue weighted by Gasteiger charge is -2.20. The quantitative estimate of drug-likeness (QED) is 0.727. The zero-order valence-corrected chi connectivity index (χ0v) is 14.4. The molecule has 0 aliphatic carbocycles. The van der Waals surface area contributed by atoms with E-state index in [-0.39, 0.29) is 30.1 Å². The summed E-state index contributed by atoms with van der Waals surface area (Å²) in [7, 11) is 1.46. The number of nitrogens with one attached hydrogen (secondary N) is 1. The first kappa shape index (κ1) is 21.4. The summed E-state index contributed by atoms with van der Waals surface area (Å²) in [4.78, 5) is 3.18. The van der Waals surface area contributed by atoms with Crippen molar-refractivity contribution in [2.24, 2.45) is 0 Å². The van der Waals surface area contributed by atoms with Gasteiger partial charge in [-0.15, -0.1) is 0 Å². The lowest BCUT2D eigenvalue weighted by molar-refractivity contribution is -0.142. The Hall–Kier alpha value is -1.91. The Morgan fingerprint density at radius 3 is 2.37 bits per heavy atom. The number of ether oxygens (including phenoxy) is 1. The largest absolute Gasteiger partial charge is 0.433 e. The Morgan fingerprint density at radius 1 is 1.15 bits per heavy atom. The van der Waals surface area contributed by atoms with Crippen molar-refractivity contribution < 1.29 is 36.2 Å². The van der Waals surface area contributed by atoms with E-state index in [1.54, 1.807) is 6.92 Å². The molecule has 1 aromatic heterocycles. The fraction of sp³-hybridized carbons (Fsp3) is 0.471. The number of hydrogen-bond acceptors (Lipinski definition) is 4. The van der Waals surface area contributed by atoms with E-state index in [1.165, 1.54) is 13.2 Å². The van der Waals surface area contributed by atoms with Gasteiger partial charge in [0.25, 0.3) is 0 Å². The van der Waals surface area contributed by atoms with Crippen molar-refractivity contribution in [2.75, 3.05) is 20.3 Å². The minimum atomic E-state index is -4.96.